The smallest absolute Gasteiger partial charge is 0.0705 e. The number of hydrogen-bond acceptors (Lipinski definition) is 2. The van der Waals surface area contributed by atoms with Crippen molar-refractivity contribution in [1.29, 1.82) is 0 Å². The molecule has 2 aromatic carbocycles. The van der Waals surface area contributed by atoms with Gasteiger partial charge in [0.2, 0.25) is 0 Å². The number of aryl methyl sites for hydroxylation is 2. The van der Waals surface area contributed by atoms with E-state index in [4.69, 9.17) is 5.73 Å². The van der Waals surface area contributed by atoms with Crippen LogP contribution in [0.25, 0.3) is 10.9 Å². The Morgan fingerprint density at radius 3 is 2.24 bits per heavy atom. The minimum absolute atomic E-state index is 0.507. The van der Waals surface area contributed by atoms with Crippen molar-refractivity contribution >= 4 is 10.9 Å². The van der Waals surface area contributed by atoms with Crippen LogP contribution in [0.1, 0.15) is 29.3 Å². The van der Waals surface area contributed by atoms with E-state index in [0.717, 1.165) is 27.7 Å². The molecular formula is C19H20N2. The second-order valence-corrected chi connectivity index (χ2v) is 5.93. The van der Waals surface area contributed by atoms with Crippen molar-refractivity contribution in [2.24, 2.45) is 5.73 Å². The van der Waals surface area contributed by atoms with E-state index in [2.05, 4.69) is 67.4 Å². The summed E-state index contributed by atoms with van der Waals surface area (Å²) in [4.78, 5) is 4.54. The Labute approximate surface area is 125 Å². The highest BCUT2D eigenvalue weighted by atomic mass is 14.7. The van der Waals surface area contributed by atoms with Crippen LogP contribution in [0.2, 0.25) is 0 Å². The third-order valence-corrected chi connectivity index (χ3v) is 4.08. The van der Waals surface area contributed by atoms with Gasteiger partial charge in [-0.2, -0.15) is 0 Å². The van der Waals surface area contributed by atoms with E-state index in [9.17, 15) is 0 Å². The first-order valence-electron chi connectivity index (χ1n) is 7.21. The zero-order valence-corrected chi connectivity index (χ0v) is 12.7. The van der Waals surface area contributed by atoms with Crippen LogP contribution in [0.15, 0.2) is 54.6 Å². The minimum atomic E-state index is -0.507. The van der Waals surface area contributed by atoms with Crippen molar-refractivity contribution in [1.82, 2.24) is 4.98 Å². The van der Waals surface area contributed by atoms with Crippen molar-refractivity contribution in [2.75, 3.05) is 0 Å². The standard InChI is InChI=1S/C19H20N2/c1-13-4-8-16(9-5-13)19(3,20)17-10-11-18-15(12-17)7-6-14(2)21-18/h4-12H,20H2,1-3H3. The normalized spacial score (nSPS) is 14.1. The molecule has 1 atom stereocenters. The summed E-state index contributed by atoms with van der Waals surface area (Å²) >= 11 is 0. The van der Waals surface area contributed by atoms with Gasteiger partial charge in [-0.3, -0.25) is 4.98 Å². The second kappa shape index (κ2) is 4.97. The van der Waals surface area contributed by atoms with Crippen LogP contribution in [0.4, 0.5) is 0 Å². The number of rotatable bonds is 2. The summed E-state index contributed by atoms with van der Waals surface area (Å²) in [6.45, 7) is 6.15. The average Bonchev–Trinajstić information content (AvgIpc) is 2.47. The first kappa shape index (κ1) is 13.8. The molecule has 0 amide bonds. The molecule has 0 fully saturated rings. The van der Waals surface area contributed by atoms with E-state index < -0.39 is 5.54 Å². The Morgan fingerprint density at radius 2 is 1.52 bits per heavy atom. The molecular weight excluding hydrogens is 256 g/mol. The summed E-state index contributed by atoms with van der Waals surface area (Å²) in [5.74, 6) is 0. The zero-order chi connectivity index (χ0) is 15.0. The summed E-state index contributed by atoms with van der Waals surface area (Å²) in [5, 5.41) is 1.13. The molecule has 0 radical (unpaired) electrons. The summed E-state index contributed by atoms with van der Waals surface area (Å²) in [6.07, 6.45) is 0. The van der Waals surface area contributed by atoms with Crippen molar-refractivity contribution in [3.05, 3.63) is 77.0 Å². The van der Waals surface area contributed by atoms with Crippen LogP contribution in [0, 0.1) is 13.8 Å². The SMILES string of the molecule is Cc1ccc(C(C)(N)c2ccc3nc(C)ccc3c2)cc1. The highest BCUT2D eigenvalue weighted by Crippen LogP contribution is 2.29. The van der Waals surface area contributed by atoms with Crippen LogP contribution >= 0.6 is 0 Å². The van der Waals surface area contributed by atoms with Crippen molar-refractivity contribution < 1.29 is 0 Å². The summed E-state index contributed by atoms with van der Waals surface area (Å²) in [6, 6.07) is 18.8. The number of pyridine rings is 1. The Kier molecular flexibility index (Phi) is 3.26. The topological polar surface area (TPSA) is 38.9 Å². The minimum Gasteiger partial charge on any atom is -0.318 e. The number of fused-ring (bicyclic) bond motifs is 1. The molecule has 0 aliphatic carbocycles. The molecule has 0 bridgehead atoms. The van der Waals surface area contributed by atoms with Gasteiger partial charge in [-0.1, -0.05) is 42.0 Å². The van der Waals surface area contributed by atoms with Crippen LogP contribution in [0.5, 0.6) is 0 Å². The number of aromatic nitrogens is 1. The molecule has 0 aliphatic rings. The predicted octanol–water partition coefficient (Wildman–Crippen LogP) is 4.07. The lowest BCUT2D eigenvalue weighted by Crippen LogP contribution is -2.34. The number of hydrogen-bond donors (Lipinski definition) is 1. The molecule has 1 unspecified atom stereocenters. The van der Waals surface area contributed by atoms with E-state index in [0.29, 0.717) is 0 Å². The summed E-state index contributed by atoms with van der Waals surface area (Å²) in [5.41, 5.74) is 11.6. The lowest BCUT2D eigenvalue weighted by molar-refractivity contribution is 0.604. The Morgan fingerprint density at radius 1 is 0.857 bits per heavy atom. The number of nitrogens with two attached hydrogens (primary N) is 1. The highest BCUT2D eigenvalue weighted by molar-refractivity contribution is 5.79. The molecule has 1 aromatic heterocycles. The van der Waals surface area contributed by atoms with E-state index in [1.165, 1.54) is 5.56 Å². The quantitative estimate of drug-likeness (QED) is 0.766. The van der Waals surface area contributed by atoms with E-state index in [1.54, 1.807) is 0 Å². The molecule has 3 aromatic rings. The van der Waals surface area contributed by atoms with Gasteiger partial charge in [0.25, 0.3) is 0 Å². The summed E-state index contributed by atoms with van der Waals surface area (Å²) in [7, 11) is 0. The monoisotopic (exact) mass is 276 g/mol. The average molecular weight is 276 g/mol. The van der Waals surface area contributed by atoms with Crippen LogP contribution in [-0.4, -0.2) is 4.98 Å². The fraction of sp³-hybridized carbons (Fsp3) is 0.211. The van der Waals surface area contributed by atoms with Crippen LogP contribution in [-0.2, 0) is 5.54 Å². The molecule has 0 aliphatic heterocycles. The Bertz CT molecular complexity index is 786. The largest absolute Gasteiger partial charge is 0.318 e. The molecule has 2 N–H and O–H groups in total. The Balaban J connectivity index is 2.09. The van der Waals surface area contributed by atoms with Crippen LogP contribution in [0.3, 0.4) is 0 Å². The van der Waals surface area contributed by atoms with E-state index >= 15 is 0 Å². The van der Waals surface area contributed by atoms with Gasteiger partial charge in [-0.15, -0.1) is 0 Å². The van der Waals surface area contributed by atoms with Gasteiger partial charge in [0.05, 0.1) is 11.1 Å². The number of nitrogens with zero attached hydrogens (tertiary/aromatic N) is 1. The molecule has 1 heterocycles. The molecule has 3 rings (SSSR count). The molecule has 21 heavy (non-hydrogen) atoms. The van der Waals surface area contributed by atoms with Crippen molar-refractivity contribution in [3.8, 4) is 0 Å². The van der Waals surface area contributed by atoms with E-state index in [-0.39, 0.29) is 0 Å². The lowest BCUT2D eigenvalue weighted by Gasteiger charge is -2.26. The lowest BCUT2D eigenvalue weighted by atomic mass is 9.85. The van der Waals surface area contributed by atoms with Gasteiger partial charge in [0.15, 0.2) is 0 Å². The molecule has 0 spiro atoms. The molecule has 2 heteroatoms. The van der Waals surface area contributed by atoms with Gasteiger partial charge in [0.1, 0.15) is 0 Å². The maximum atomic E-state index is 6.61. The zero-order valence-electron chi connectivity index (χ0n) is 12.7. The predicted molar refractivity (Wildman–Crippen MR) is 88.3 cm³/mol. The Hall–Kier alpha value is -2.19. The number of benzene rings is 2. The van der Waals surface area contributed by atoms with Crippen molar-refractivity contribution in [2.45, 2.75) is 26.3 Å². The summed E-state index contributed by atoms with van der Waals surface area (Å²) < 4.78 is 0. The van der Waals surface area contributed by atoms with Crippen LogP contribution < -0.4 is 5.73 Å². The molecule has 2 nitrogen and oxygen atoms in total. The first-order valence-corrected chi connectivity index (χ1v) is 7.21. The molecule has 106 valence electrons. The maximum absolute atomic E-state index is 6.61. The second-order valence-electron chi connectivity index (χ2n) is 5.93. The maximum Gasteiger partial charge on any atom is 0.0705 e. The van der Waals surface area contributed by atoms with Gasteiger partial charge in [-0.05, 0) is 50.1 Å². The third-order valence-electron chi connectivity index (χ3n) is 4.08. The van der Waals surface area contributed by atoms with Crippen molar-refractivity contribution in [3.63, 3.8) is 0 Å². The van der Waals surface area contributed by atoms with Gasteiger partial charge in [0, 0.05) is 11.1 Å². The first-order chi connectivity index (χ1) is 9.96. The van der Waals surface area contributed by atoms with E-state index in [1.807, 2.05) is 13.0 Å². The highest BCUT2D eigenvalue weighted by Gasteiger charge is 2.23. The van der Waals surface area contributed by atoms with Gasteiger partial charge in [-0.25, -0.2) is 0 Å². The fourth-order valence-electron chi connectivity index (χ4n) is 2.62. The molecule has 0 saturated carbocycles. The van der Waals surface area contributed by atoms with Gasteiger partial charge < -0.3 is 5.73 Å². The molecule has 0 saturated heterocycles. The fourth-order valence-corrected chi connectivity index (χ4v) is 2.62. The third kappa shape index (κ3) is 2.55. The van der Waals surface area contributed by atoms with Gasteiger partial charge >= 0.3 is 0 Å².